The highest BCUT2D eigenvalue weighted by Gasteiger charge is 2.38. The second-order valence-electron chi connectivity index (χ2n) is 9.49. The van der Waals surface area contributed by atoms with E-state index in [-0.39, 0.29) is 11.1 Å². The van der Waals surface area contributed by atoms with Crippen molar-refractivity contribution in [3.63, 3.8) is 0 Å². The van der Waals surface area contributed by atoms with Crippen LogP contribution in [0.2, 0.25) is 0 Å². The highest BCUT2D eigenvalue weighted by Crippen LogP contribution is 2.43. The lowest BCUT2D eigenvalue weighted by Gasteiger charge is -2.45. The summed E-state index contributed by atoms with van der Waals surface area (Å²) >= 11 is 0. The van der Waals surface area contributed by atoms with Gasteiger partial charge in [0.15, 0.2) is 0 Å². The van der Waals surface area contributed by atoms with Crippen LogP contribution in [-0.2, 0) is 9.59 Å². The molecule has 0 aliphatic carbocycles. The highest BCUT2D eigenvalue weighted by atomic mass is 16.2. The molecule has 2 aromatic carbocycles. The summed E-state index contributed by atoms with van der Waals surface area (Å²) in [5.41, 5.74) is 5.38. The van der Waals surface area contributed by atoms with Crippen LogP contribution >= 0.6 is 0 Å². The lowest BCUT2D eigenvalue weighted by atomic mass is 9.79. The number of amides is 4. The van der Waals surface area contributed by atoms with Crippen molar-refractivity contribution < 1.29 is 14.4 Å². The third kappa shape index (κ3) is 3.49. The maximum atomic E-state index is 13.3. The van der Waals surface area contributed by atoms with Gasteiger partial charge in [0, 0.05) is 18.3 Å². The molecular weight excluding hydrogens is 402 g/mol. The Hall–Kier alpha value is -3.41. The molecule has 0 bridgehead atoms. The summed E-state index contributed by atoms with van der Waals surface area (Å²) < 4.78 is 0. The monoisotopic (exact) mass is 431 g/mol. The van der Waals surface area contributed by atoms with Gasteiger partial charge < -0.3 is 4.90 Å². The molecule has 0 saturated carbocycles. The van der Waals surface area contributed by atoms with Crippen LogP contribution in [0.5, 0.6) is 0 Å². The number of rotatable bonds is 2. The molecule has 1 N–H and O–H groups in total. The van der Waals surface area contributed by atoms with E-state index in [4.69, 9.17) is 0 Å². The van der Waals surface area contributed by atoms with E-state index in [0.717, 1.165) is 28.0 Å². The summed E-state index contributed by atoms with van der Waals surface area (Å²) in [7, 11) is 2.10. The number of fused-ring (bicyclic) bond motifs is 1. The predicted octanol–water partition coefficient (Wildman–Crippen LogP) is 4.69. The van der Waals surface area contributed by atoms with Crippen molar-refractivity contribution in [1.29, 1.82) is 0 Å². The van der Waals surface area contributed by atoms with Crippen molar-refractivity contribution in [1.82, 2.24) is 5.32 Å². The van der Waals surface area contributed by atoms with Crippen LogP contribution in [0.1, 0.15) is 55.4 Å². The Kier molecular flexibility index (Phi) is 5.19. The second kappa shape index (κ2) is 7.62. The quantitative estimate of drug-likeness (QED) is 0.553. The molecule has 6 heteroatoms. The molecule has 32 heavy (non-hydrogen) atoms. The Morgan fingerprint density at radius 2 is 1.72 bits per heavy atom. The Morgan fingerprint density at radius 3 is 2.41 bits per heavy atom. The number of aryl methyl sites for hydroxylation is 2. The number of barbiturate groups is 1. The van der Waals surface area contributed by atoms with E-state index < -0.39 is 17.8 Å². The minimum Gasteiger partial charge on any atom is -0.369 e. The average Bonchev–Trinajstić information content (AvgIpc) is 2.71. The van der Waals surface area contributed by atoms with E-state index in [0.29, 0.717) is 11.6 Å². The number of nitrogens with zero attached hydrogens (tertiary/aromatic N) is 2. The predicted molar refractivity (Wildman–Crippen MR) is 127 cm³/mol. The second-order valence-corrected chi connectivity index (χ2v) is 9.49. The van der Waals surface area contributed by atoms with Crippen molar-refractivity contribution >= 4 is 35.3 Å². The van der Waals surface area contributed by atoms with E-state index in [1.807, 2.05) is 26.0 Å². The topological polar surface area (TPSA) is 69.7 Å². The molecule has 0 aromatic heterocycles. The van der Waals surface area contributed by atoms with Gasteiger partial charge in [-0.2, -0.15) is 0 Å². The van der Waals surface area contributed by atoms with Crippen LogP contribution in [-0.4, -0.2) is 30.4 Å². The van der Waals surface area contributed by atoms with Crippen LogP contribution in [0.3, 0.4) is 0 Å². The van der Waals surface area contributed by atoms with Crippen molar-refractivity contribution in [3.8, 4) is 0 Å². The SMILES string of the molecule is Cc1cc2c(cc1/C=C1\C(=O)NC(=O)N(c3ccccc3C)C1=O)[C@@H](C)CC(C)(C)N2C. The van der Waals surface area contributed by atoms with Crippen molar-refractivity contribution in [2.75, 3.05) is 16.8 Å². The van der Waals surface area contributed by atoms with Crippen molar-refractivity contribution in [2.24, 2.45) is 0 Å². The number of carbonyl (C=O) groups is 3. The number of nitrogens with one attached hydrogen (secondary N) is 1. The third-order valence-electron chi connectivity index (χ3n) is 6.78. The first kappa shape index (κ1) is 21.8. The molecule has 2 aliphatic rings. The molecule has 4 rings (SSSR count). The van der Waals surface area contributed by atoms with Crippen LogP contribution in [0.25, 0.3) is 6.08 Å². The molecule has 0 radical (unpaired) electrons. The average molecular weight is 432 g/mol. The highest BCUT2D eigenvalue weighted by molar-refractivity contribution is 6.39. The van der Waals surface area contributed by atoms with Gasteiger partial charge in [-0.15, -0.1) is 0 Å². The molecule has 2 heterocycles. The summed E-state index contributed by atoms with van der Waals surface area (Å²) in [5, 5.41) is 2.31. The van der Waals surface area contributed by atoms with Gasteiger partial charge in [0.1, 0.15) is 5.57 Å². The van der Waals surface area contributed by atoms with E-state index in [9.17, 15) is 14.4 Å². The first-order valence-corrected chi connectivity index (χ1v) is 10.9. The van der Waals surface area contributed by atoms with E-state index >= 15 is 0 Å². The minimum atomic E-state index is -0.730. The summed E-state index contributed by atoms with van der Waals surface area (Å²) in [5.74, 6) is -0.945. The number of anilines is 2. The largest absolute Gasteiger partial charge is 0.369 e. The zero-order valence-corrected chi connectivity index (χ0v) is 19.4. The Labute approximate surface area is 188 Å². The summed E-state index contributed by atoms with van der Waals surface area (Å²) in [6, 6.07) is 10.6. The van der Waals surface area contributed by atoms with Crippen LogP contribution in [0.15, 0.2) is 42.0 Å². The van der Waals surface area contributed by atoms with Gasteiger partial charge in [0.25, 0.3) is 11.8 Å². The summed E-state index contributed by atoms with van der Waals surface area (Å²) in [4.78, 5) is 41.7. The molecule has 1 saturated heterocycles. The van der Waals surface area contributed by atoms with Crippen molar-refractivity contribution in [2.45, 2.75) is 52.5 Å². The standard InChI is InChI=1S/C26H29N3O3/c1-15-9-7-8-10-21(15)29-24(31)20(23(30)27-25(29)32)13-18-12-19-17(3)14-26(4,5)28(6)22(19)11-16(18)2/h7-13,17H,14H2,1-6H3,(H,27,30,32)/b20-13+/t17-/m0/s1. The molecule has 0 unspecified atom stereocenters. The fourth-order valence-corrected chi connectivity index (χ4v) is 4.74. The lowest BCUT2D eigenvalue weighted by molar-refractivity contribution is -0.122. The molecule has 0 spiro atoms. The van der Waals surface area contributed by atoms with Crippen molar-refractivity contribution in [3.05, 3.63) is 64.2 Å². The first-order chi connectivity index (χ1) is 15.0. The normalized spacial score (nSPS) is 21.6. The fourth-order valence-electron chi connectivity index (χ4n) is 4.74. The molecule has 6 nitrogen and oxygen atoms in total. The van der Waals surface area contributed by atoms with Crippen LogP contribution < -0.4 is 15.1 Å². The molecule has 2 aromatic rings. The lowest BCUT2D eigenvalue weighted by Crippen LogP contribution is -2.54. The zero-order chi connectivity index (χ0) is 23.4. The Morgan fingerprint density at radius 1 is 1.03 bits per heavy atom. The fraction of sp³-hybridized carbons (Fsp3) is 0.346. The molecule has 1 fully saturated rings. The number of imide groups is 2. The number of hydrogen-bond acceptors (Lipinski definition) is 4. The van der Waals surface area contributed by atoms with E-state index in [1.165, 1.54) is 11.3 Å². The van der Waals surface area contributed by atoms with Crippen LogP contribution in [0, 0.1) is 13.8 Å². The van der Waals surface area contributed by atoms with Crippen LogP contribution in [0.4, 0.5) is 16.2 Å². The van der Waals surface area contributed by atoms with E-state index in [1.54, 1.807) is 18.2 Å². The summed E-state index contributed by atoms with van der Waals surface area (Å²) in [6.45, 7) is 10.5. The minimum absolute atomic E-state index is 0.0481. The maximum Gasteiger partial charge on any atom is 0.335 e. The molecule has 4 amide bonds. The Balaban J connectivity index is 1.79. The molecule has 1 atom stereocenters. The summed E-state index contributed by atoms with van der Waals surface area (Å²) in [6.07, 6.45) is 2.61. The smallest absolute Gasteiger partial charge is 0.335 e. The number of benzene rings is 2. The first-order valence-electron chi connectivity index (χ1n) is 10.9. The number of carbonyl (C=O) groups excluding carboxylic acids is 3. The third-order valence-corrected chi connectivity index (χ3v) is 6.78. The van der Waals surface area contributed by atoms with Gasteiger partial charge in [0.2, 0.25) is 0 Å². The van der Waals surface area contributed by atoms with Gasteiger partial charge in [-0.25, -0.2) is 9.69 Å². The Bertz CT molecular complexity index is 1180. The van der Waals surface area contributed by atoms with Gasteiger partial charge in [-0.3, -0.25) is 14.9 Å². The molecular formula is C26H29N3O3. The number of hydrogen-bond donors (Lipinski definition) is 1. The molecule has 2 aliphatic heterocycles. The van der Waals surface area contributed by atoms with E-state index in [2.05, 4.69) is 50.2 Å². The van der Waals surface area contributed by atoms with Gasteiger partial charge in [-0.05, 0) is 86.6 Å². The number of para-hydroxylation sites is 1. The van der Waals surface area contributed by atoms with Gasteiger partial charge in [0.05, 0.1) is 5.69 Å². The van der Waals surface area contributed by atoms with Gasteiger partial charge >= 0.3 is 6.03 Å². The maximum absolute atomic E-state index is 13.3. The van der Waals surface area contributed by atoms with Gasteiger partial charge in [-0.1, -0.05) is 25.1 Å². The number of urea groups is 1. The molecule has 166 valence electrons. The zero-order valence-electron chi connectivity index (χ0n) is 19.4.